The highest BCUT2D eigenvalue weighted by molar-refractivity contribution is 6.31. The Kier molecular flexibility index (Phi) is 3.05. The van der Waals surface area contributed by atoms with Gasteiger partial charge >= 0.3 is 0 Å². The Morgan fingerprint density at radius 1 is 0.958 bits per heavy atom. The molecule has 5 rings (SSSR count). The van der Waals surface area contributed by atoms with Gasteiger partial charge in [0.1, 0.15) is 0 Å². The average Bonchev–Trinajstić information content (AvgIpc) is 3.30. The van der Waals surface area contributed by atoms with E-state index in [4.69, 9.17) is 11.6 Å². The van der Waals surface area contributed by atoms with Crippen LogP contribution in [0.25, 0.3) is 0 Å². The quantitative estimate of drug-likeness (QED) is 0.570. The third kappa shape index (κ3) is 1.79. The second kappa shape index (κ2) is 5.06. The molecule has 4 heteroatoms. The second-order valence-corrected chi connectivity index (χ2v) is 7.68. The van der Waals surface area contributed by atoms with Crippen LogP contribution in [0.15, 0.2) is 47.6 Å². The molecular formula is C20H18ClNO2. The zero-order valence-electron chi connectivity index (χ0n) is 13.2. The Morgan fingerprint density at radius 2 is 1.58 bits per heavy atom. The van der Waals surface area contributed by atoms with Gasteiger partial charge in [-0.15, -0.1) is 0 Å². The molecule has 0 spiro atoms. The molecule has 24 heavy (non-hydrogen) atoms. The molecular weight excluding hydrogens is 322 g/mol. The van der Waals surface area contributed by atoms with Crippen LogP contribution in [-0.4, -0.2) is 11.8 Å². The lowest BCUT2D eigenvalue weighted by molar-refractivity contribution is -0.122. The van der Waals surface area contributed by atoms with Gasteiger partial charge in [-0.25, -0.2) is 4.90 Å². The minimum absolute atomic E-state index is 0.0554. The van der Waals surface area contributed by atoms with Crippen LogP contribution in [0.2, 0.25) is 5.02 Å². The van der Waals surface area contributed by atoms with Crippen molar-refractivity contribution in [2.75, 3.05) is 4.90 Å². The summed E-state index contributed by atoms with van der Waals surface area (Å²) in [6.45, 7) is 0. The number of nitrogens with zero attached hydrogens (tertiary/aromatic N) is 1. The number of fused-ring (bicyclic) bond motifs is 5. The maximum Gasteiger partial charge on any atom is 0.238 e. The summed E-state index contributed by atoms with van der Waals surface area (Å²) in [6, 6.07) is 7.02. The molecule has 3 fully saturated rings. The summed E-state index contributed by atoms with van der Waals surface area (Å²) < 4.78 is 0. The van der Waals surface area contributed by atoms with Gasteiger partial charge in [-0.2, -0.15) is 0 Å². The van der Waals surface area contributed by atoms with Crippen LogP contribution in [0, 0.1) is 23.7 Å². The maximum absolute atomic E-state index is 13.1. The Morgan fingerprint density at radius 3 is 2.17 bits per heavy atom. The molecule has 4 aliphatic rings. The highest BCUT2D eigenvalue weighted by atomic mass is 35.5. The first-order valence-corrected chi connectivity index (χ1v) is 9.08. The Bertz CT molecular complexity index is 783. The van der Waals surface area contributed by atoms with Crippen molar-refractivity contribution >= 4 is 29.1 Å². The summed E-state index contributed by atoms with van der Waals surface area (Å²) in [5.74, 6) is -0.271. The van der Waals surface area contributed by atoms with E-state index in [2.05, 4.69) is 12.2 Å². The lowest BCUT2D eigenvalue weighted by Gasteiger charge is -2.20. The molecule has 0 radical (unpaired) electrons. The molecule has 122 valence electrons. The van der Waals surface area contributed by atoms with Crippen LogP contribution >= 0.6 is 11.6 Å². The molecule has 0 unspecified atom stereocenters. The monoisotopic (exact) mass is 339 g/mol. The van der Waals surface area contributed by atoms with Crippen molar-refractivity contribution in [3.63, 3.8) is 0 Å². The fraction of sp³-hybridized carbons (Fsp3) is 0.400. The number of imide groups is 1. The lowest BCUT2D eigenvalue weighted by atomic mass is 9.85. The standard InChI is InChI=1S/C20H18ClNO2/c21-12-6-3-7-13(10-12)22-19(23)17-14-8-9-15(18(17)20(22)24)16(14)11-4-1-2-5-11/h3,6-10,14-15,17-18H,1-2,4-5H2/t14-,15+,17-,18+. The summed E-state index contributed by atoms with van der Waals surface area (Å²) in [6.07, 6.45) is 9.10. The fourth-order valence-corrected chi connectivity index (χ4v) is 5.38. The SMILES string of the molecule is O=C1[C@@H]2[C@H](C(=O)N1c1cccc(Cl)c1)[C@@H]1C=C[C@H]2C1=C1CCCC1. The Balaban J connectivity index is 1.56. The largest absolute Gasteiger partial charge is 0.274 e. The minimum Gasteiger partial charge on any atom is -0.274 e. The van der Waals surface area contributed by atoms with E-state index in [0.717, 1.165) is 12.8 Å². The van der Waals surface area contributed by atoms with Crippen LogP contribution in [0.1, 0.15) is 25.7 Å². The van der Waals surface area contributed by atoms with Crippen molar-refractivity contribution in [3.05, 3.63) is 52.6 Å². The number of anilines is 1. The summed E-state index contributed by atoms with van der Waals surface area (Å²) >= 11 is 6.05. The van der Waals surface area contributed by atoms with E-state index in [0.29, 0.717) is 10.7 Å². The first kappa shape index (κ1) is 14.5. The number of hydrogen-bond acceptors (Lipinski definition) is 2. The van der Waals surface area contributed by atoms with Gasteiger partial charge in [-0.05, 0) is 43.9 Å². The van der Waals surface area contributed by atoms with Gasteiger partial charge in [0.25, 0.3) is 0 Å². The predicted molar refractivity (Wildman–Crippen MR) is 92.5 cm³/mol. The van der Waals surface area contributed by atoms with Crippen molar-refractivity contribution in [1.29, 1.82) is 0 Å². The third-order valence-electron chi connectivity index (χ3n) is 6.10. The summed E-state index contributed by atoms with van der Waals surface area (Å²) in [5, 5.41) is 0.542. The smallest absolute Gasteiger partial charge is 0.238 e. The van der Waals surface area contributed by atoms with E-state index in [-0.39, 0.29) is 35.5 Å². The summed E-state index contributed by atoms with van der Waals surface area (Å²) in [5.41, 5.74) is 3.51. The van der Waals surface area contributed by atoms with Crippen LogP contribution in [-0.2, 0) is 9.59 Å². The van der Waals surface area contributed by atoms with E-state index >= 15 is 0 Å². The van der Waals surface area contributed by atoms with Crippen molar-refractivity contribution in [2.45, 2.75) is 25.7 Å². The molecule has 3 nitrogen and oxygen atoms in total. The second-order valence-electron chi connectivity index (χ2n) is 7.25. The number of hydrogen-bond donors (Lipinski definition) is 0. The molecule has 4 atom stereocenters. The van der Waals surface area contributed by atoms with Crippen molar-refractivity contribution < 1.29 is 9.59 Å². The van der Waals surface area contributed by atoms with Crippen molar-refractivity contribution in [1.82, 2.24) is 0 Å². The van der Waals surface area contributed by atoms with Crippen molar-refractivity contribution in [3.8, 4) is 0 Å². The number of rotatable bonds is 1. The van der Waals surface area contributed by atoms with E-state index in [1.54, 1.807) is 24.3 Å². The topological polar surface area (TPSA) is 37.4 Å². The van der Waals surface area contributed by atoms with E-state index in [1.807, 2.05) is 0 Å². The zero-order chi connectivity index (χ0) is 16.4. The number of halogens is 1. The molecule has 0 N–H and O–H groups in total. The van der Waals surface area contributed by atoms with Crippen LogP contribution in [0.5, 0.6) is 0 Å². The van der Waals surface area contributed by atoms with Gasteiger partial charge in [0.2, 0.25) is 11.8 Å². The fourth-order valence-electron chi connectivity index (χ4n) is 5.19. The lowest BCUT2D eigenvalue weighted by Crippen LogP contribution is -2.33. The highest BCUT2D eigenvalue weighted by Gasteiger charge is 2.62. The Hall–Kier alpha value is -1.87. The van der Waals surface area contributed by atoms with Gasteiger partial charge in [-0.1, -0.05) is 41.0 Å². The molecule has 1 aromatic rings. The van der Waals surface area contributed by atoms with Crippen LogP contribution in [0.3, 0.4) is 0 Å². The van der Waals surface area contributed by atoms with Gasteiger partial charge in [0.05, 0.1) is 17.5 Å². The van der Waals surface area contributed by atoms with Crippen LogP contribution < -0.4 is 4.90 Å². The number of carbonyl (C=O) groups excluding carboxylic acids is 2. The highest BCUT2D eigenvalue weighted by Crippen LogP contribution is 2.58. The summed E-state index contributed by atoms with van der Waals surface area (Å²) in [4.78, 5) is 27.5. The normalized spacial score (nSPS) is 34.0. The number of allylic oxidation sites excluding steroid dienone is 4. The molecule has 1 aromatic carbocycles. The molecule has 0 aromatic heterocycles. The van der Waals surface area contributed by atoms with Gasteiger partial charge in [0, 0.05) is 16.9 Å². The summed E-state index contributed by atoms with van der Waals surface area (Å²) in [7, 11) is 0. The van der Waals surface area contributed by atoms with E-state index in [1.165, 1.54) is 28.9 Å². The van der Waals surface area contributed by atoms with Crippen molar-refractivity contribution in [2.24, 2.45) is 23.7 Å². The average molecular weight is 340 g/mol. The van der Waals surface area contributed by atoms with Gasteiger partial charge in [-0.3, -0.25) is 9.59 Å². The first-order valence-electron chi connectivity index (χ1n) is 8.70. The van der Waals surface area contributed by atoms with Gasteiger partial charge in [0.15, 0.2) is 0 Å². The third-order valence-corrected chi connectivity index (χ3v) is 6.33. The molecule has 1 saturated heterocycles. The number of benzene rings is 1. The first-order chi connectivity index (χ1) is 11.7. The van der Waals surface area contributed by atoms with Gasteiger partial charge < -0.3 is 0 Å². The predicted octanol–water partition coefficient (Wildman–Crippen LogP) is 4.13. The molecule has 2 saturated carbocycles. The Labute approximate surface area is 146 Å². The molecule has 2 amide bonds. The maximum atomic E-state index is 13.1. The minimum atomic E-state index is -0.213. The van der Waals surface area contributed by atoms with E-state index < -0.39 is 0 Å². The number of carbonyl (C=O) groups is 2. The molecule has 3 aliphatic carbocycles. The molecule has 2 bridgehead atoms. The number of amides is 2. The zero-order valence-corrected chi connectivity index (χ0v) is 14.0. The molecule has 1 heterocycles. The van der Waals surface area contributed by atoms with Crippen LogP contribution in [0.4, 0.5) is 5.69 Å². The molecule has 1 aliphatic heterocycles. The van der Waals surface area contributed by atoms with E-state index in [9.17, 15) is 9.59 Å².